The molecule has 0 saturated carbocycles. The summed E-state index contributed by atoms with van der Waals surface area (Å²) >= 11 is 7.48. The molecule has 1 amide bonds. The first kappa shape index (κ1) is 13.8. The van der Waals surface area contributed by atoms with Gasteiger partial charge in [-0.15, -0.1) is 11.3 Å². The average molecular weight is 287 g/mol. The summed E-state index contributed by atoms with van der Waals surface area (Å²) in [6.45, 7) is 3.60. The maximum Gasteiger partial charge on any atom is 0.223 e. The van der Waals surface area contributed by atoms with E-state index in [9.17, 15) is 4.79 Å². The third kappa shape index (κ3) is 3.25. The van der Waals surface area contributed by atoms with Crippen LogP contribution in [-0.2, 0) is 11.2 Å². The van der Waals surface area contributed by atoms with Gasteiger partial charge in [0.25, 0.3) is 0 Å². The van der Waals surface area contributed by atoms with Gasteiger partial charge in [0.15, 0.2) is 0 Å². The van der Waals surface area contributed by atoms with Gasteiger partial charge in [-0.2, -0.15) is 0 Å². The Hall–Kier alpha value is -0.580. The normalized spacial score (nSPS) is 23.6. The summed E-state index contributed by atoms with van der Waals surface area (Å²) in [7, 11) is 0. The Morgan fingerprint density at radius 1 is 1.67 bits per heavy atom. The molecule has 18 heavy (non-hydrogen) atoms. The van der Waals surface area contributed by atoms with Crippen molar-refractivity contribution in [2.75, 3.05) is 13.1 Å². The summed E-state index contributed by atoms with van der Waals surface area (Å²) in [6.07, 6.45) is 2.39. The van der Waals surface area contributed by atoms with E-state index in [1.807, 2.05) is 16.3 Å². The molecule has 2 unspecified atom stereocenters. The minimum atomic E-state index is 0.239. The van der Waals surface area contributed by atoms with Gasteiger partial charge in [0.2, 0.25) is 5.91 Å². The Bertz CT molecular complexity index is 421. The zero-order valence-electron chi connectivity index (χ0n) is 10.6. The highest BCUT2D eigenvalue weighted by Crippen LogP contribution is 2.24. The van der Waals surface area contributed by atoms with Crippen molar-refractivity contribution in [3.05, 3.63) is 21.3 Å². The van der Waals surface area contributed by atoms with E-state index < -0.39 is 0 Å². The number of halogens is 1. The number of rotatable bonds is 4. The summed E-state index contributed by atoms with van der Waals surface area (Å²) < 4.78 is 0. The highest BCUT2D eigenvalue weighted by Gasteiger charge is 2.31. The van der Waals surface area contributed by atoms with Crippen molar-refractivity contribution < 1.29 is 4.79 Å². The molecular weight excluding hydrogens is 268 g/mol. The number of nitrogens with zero attached hydrogens (tertiary/aromatic N) is 1. The fourth-order valence-electron chi connectivity index (χ4n) is 2.52. The highest BCUT2D eigenvalue weighted by molar-refractivity contribution is 7.10. The lowest BCUT2D eigenvalue weighted by molar-refractivity contribution is -0.131. The minimum Gasteiger partial charge on any atom is -0.340 e. The molecule has 1 aromatic heterocycles. The molecule has 100 valence electrons. The first-order valence-corrected chi connectivity index (χ1v) is 7.58. The minimum absolute atomic E-state index is 0.239. The number of hydrogen-bond donors (Lipinski definition) is 1. The molecule has 1 aliphatic rings. The molecule has 1 aromatic rings. The fraction of sp³-hybridized carbons (Fsp3) is 0.615. The number of aryl methyl sites for hydroxylation is 1. The summed E-state index contributed by atoms with van der Waals surface area (Å²) in [5, 5.41) is 2.67. The Morgan fingerprint density at radius 3 is 3.00 bits per heavy atom. The number of thiophene rings is 1. The van der Waals surface area contributed by atoms with Crippen LogP contribution in [0.25, 0.3) is 0 Å². The van der Waals surface area contributed by atoms with Crippen LogP contribution in [0.1, 0.15) is 24.6 Å². The first-order chi connectivity index (χ1) is 8.60. The van der Waals surface area contributed by atoms with E-state index in [0.717, 1.165) is 24.4 Å². The molecule has 0 radical (unpaired) electrons. The maximum absolute atomic E-state index is 12.2. The van der Waals surface area contributed by atoms with Crippen LogP contribution < -0.4 is 5.73 Å². The molecule has 1 aliphatic heterocycles. The van der Waals surface area contributed by atoms with Crippen LogP contribution in [0.2, 0.25) is 5.02 Å². The first-order valence-electron chi connectivity index (χ1n) is 6.32. The third-order valence-electron chi connectivity index (χ3n) is 3.52. The number of carbonyl (C=O) groups excluding carboxylic acids is 1. The van der Waals surface area contributed by atoms with E-state index in [1.54, 1.807) is 11.3 Å². The van der Waals surface area contributed by atoms with Crippen LogP contribution in [0.3, 0.4) is 0 Å². The van der Waals surface area contributed by atoms with Crippen molar-refractivity contribution in [2.45, 2.75) is 32.2 Å². The number of amides is 1. The lowest BCUT2D eigenvalue weighted by Crippen LogP contribution is -2.34. The van der Waals surface area contributed by atoms with Gasteiger partial charge in [0.1, 0.15) is 0 Å². The Balaban J connectivity index is 1.85. The molecule has 0 aromatic carbocycles. The van der Waals surface area contributed by atoms with Crippen LogP contribution in [-0.4, -0.2) is 29.9 Å². The van der Waals surface area contributed by atoms with Gasteiger partial charge in [-0.1, -0.05) is 11.6 Å². The van der Waals surface area contributed by atoms with Gasteiger partial charge in [0, 0.05) is 29.3 Å². The van der Waals surface area contributed by atoms with Crippen LogP contribution in [0.15, 0.2) is 11.4 Å². The fourth-order valence-corrected chi connectivity index (χ4v) is 3.60. The predicted molar refractivity (Wildman–Crippen MR) is 76.0 cm³/mol. The Labute approximate surface area is 117 Å². The Kier molecular flexibility index (Phi) is 4.65. The van der Waals surface area contributed by atoms with Gasteiger partial charge >= 0.3 is 0 Å². The summed E-state index contributed by atoms with van der Waals surface area (Å²) in [6, 6.07) is 2.27. The molecule has 0 bridgehead atoms. The zero-order chi connectivity index (χ0) is 13.1. The quantitative estimate of drug-likeness (QED) is 0.924. The van der Waals surface area contributed by atoms with E-state index in [0.29, 0.717) is 24.9 Å². The summed E-state index contributed by atoms with van der Waals surface area (Å²) in [5.41, 5.74) is 5.68. The van der Waals surface area contributed by atoms with Crippen molar-refractivity contribution in [2.24, 2.45) is 11.7 Å². The average Bonchev–Trinajstić information content (AvgIpc) is 2.92. The van der Waals surface area contributed by atoms with E-state index in [1.165, 1.54) is 4.88 Å². The van der Waals surface area contributed by atoms with Crippen molar-refractivity contribution in [1.29, 1.82) is 0 Å². The van der Waals surface area contributed by atoms with Gasteiger partial charge in [-0.05, 0) is 38.3 Å². The van der Waals surface area contributed by atoms with Gasteiger partial charge in [0.05, 0.1) is 5.02 Å². The number of likely N-dealkylation sites (tertiary alicyclic amines) is 1. The number of hydrogen-bond acceptors (Lipinski definition) is 3. The SMILES string of the molecule is CC1CC(CN)CN1C(=O)CCc1cc(Cl)cs1. The van der Waals surface area contributed by atoms with E-state index in [4.69, 9.17) is 17.3 Å². The van der Waals surface area contributed by atoms with E-state index in [-0.39, 0.29) is 5.91 Å². The highest BCUT2D eigenvalue weighted by atomic mass is 35.5. The summed E-state index contributed by atoms with van der Waals surface area (Å²) in [4.78, 5) is 15.3. The molecule has 0 aliphatic carbocycles. The smallest absolute Gasteiger partial charge is 0.223 e. The van der Waals surface area contributed by atoms with E-state index >= 15 is 0 Å². The van der Waals surface area contributed by atoms with Crippen LogP contribution in [0.4, 0.5) is 0 Å². The maximum atomic E-state index is 12.2. The molecular formula is C13H19ClN2OS. The second-order valence-electron chi connectivity index (χ2n) is 4.96. The van der Waals surface area contributed by atoms with Crippen molar-refractivity contribution >= 4 is 28.8 Å². The lowest BCUT2D eigenvalue weighted by Gasteiger charge is -2.21. The van der Waals surface area contributed by atoms with E-state index in [2.05, 4.69) is 6.92 Å². The molecule has 2 rings (SSSR count). The lowest BCUT2D eigenvalue weighted by atomic mass is 10.1. The second-order valence-corrected chi connectivity index (χ2v) is 6.40. The molecule has 3 nitrogen and oxygen atoms in total. The van der Waals surface area contributed by atoms with Crippen LogP contribution >= 0.6 is 22.9 Å². The molecule has 1 fully saturated rings. The second kappa shape index (κ2) is 6.04. The van der Waals surface area contributed by atoms with Gasteiger partial charge in [-0.25, -0.2) is 0 Å². The predicted octanol–water partition coefficient (Wildman–Crippen LogP) is 2.53. The molecule has 1 saturated heterocycles. The van der Waals surface area contributed by atoms with Crippen molar-refractivity contribution in [1.82, 2.24) is 4.90 Å². The molecule has 2 atom stereocenters. The third-order valence-corrected chi connectivity index (χ3v) is 4.87. The van der Waals surface area contributed by atoms with Gasteiger partial charge < -0.3 is 10.6 Å². The van der Waals surface area contributed by atoms with Crippen LogP contribution in [0, 0.1) is 5.92 Å². The Morgan fingerprint density at radius 2 is 2.44 bits per heavy atom. The molecule has 2 heterocycles. The van der Waals surface area contributed by atoms with Crippen molar-refractivity contribution in [3.8, 4) is 0 Å². The van der Waals surface area contributed by atoms with Gasteiger partial charge in [-0.3, -0.25) is 4.79 Å². The zero-order valence-corrected chi connectivity index (χ0v) is 12.1. The largest absolute Gasteiger partial charge is 0.340 e. The molecule has 2 N–H and O–H groups in total. The number of nitrogens with two attached hydrogens (primary N) is 1. The molecule has 0 spiro atoms. The molecule has 5 heteroatoms. The van der Waals surface area contributed by atoms with Crippen molar-refractivity contribution in [3.63, 3.8) is 0 Å². The summed E-state index contributed by atoms with van der Waals surface area (Å²) in [5.74, 6) is 0.711. The topological polar surface area (TPSA) is 46.3 Å². The number of carbonyl (C=O) groups is 1. The standard InChI is InChI=1S/C13H19ClN2OS/c1-9-4-10(6-15)7-16(9)13(17)3-2-12-5-11(14)8-18-12/h5,8-10H,2-4,6-7,15H2,1H3. The monoisotopic (exact) mass is 286 g/mol. The van der Waals surface area contributed by atoms with Crippen LogP contribution in [0.5, 0.6) is 0 Å².